The summed E-state index contributed by atoms with van der Waals surface area (Å²) in [5, 5.41) is 28.4. The molecule has 4 unspecified atom stereocenters. The summed E-state index contributed by atoms with van der Waals surface area (Å²) in [6, 6.07) is 0. The molecule has 0 bridgehead atoms. The number of hydrogen-bond donors (Lipinski definition) is 5. The minimum Gasteiger partial charge on any atom is -0.393 e. The Morgan fingerprint density at radius 3 is 2.19 bits per heavy atom. The highest BCUT2D eigenvalue weighted by atomic mass is 31.1. The molecule has 0 saturated heterocycles. The zero-order valence-electron chi connectivity index (χ0n) is 9.37. The lowest BCUT2D eigenvalue weighted by Gasteiger charge is -2.22. The van der Waals surface area contributed by atoms with Crippen LogP contribution in [0.3, 0.4) is 0 Å². The third-order valence-corrected chi connectivity index (χ3v) is 3.97. The number of nitrogens with two attached hydrogens (primary N) is 1. The Kier molecular flexibility index (Phi) is 9.03. The molecule has 0 spiro atoms. The van der Waals surface area contributed by atoms with Crippen molar-refractivity contribution in [2.45, 2.75) is 43.5 Å². The maximum Gasteiger partial charge on any atom is 0.101 e. The van der Waals surface area contributed by atoms with Crippen LogP contribution in [0.15, 0.2) is 12.7 Å². The molecule has 0 aromatic heterocycles. The Morgan fingerprint density at radius 1 is 1.12 bits per heavy atom. The number of hydrogen-bond acceptors (Lipinski definition) is 5. The van der Waals surface area contributed by atoms with Gasteiger partial charge in [0.2, 0.25) is 0 Å². The van der Waals surface area contributed by atoms with Crippen molar-refractivity contribution in [3.05, 3.63) is 12.7 Å². The van der Waals surface area contributed by atoms with Gasteiger partial charge < -0.3 is 25.9 Å². The molecule has 96 valence electrons. The van der Waals surface area contributed by atoms with Gasteiger partial charge in [0.1, 0.15) is 11.7 Å². The molecule has 0 radical (unpaired) electrons. The highest BCUT2D eigenvalue weighted by Gasteiger charge is 2.24. The quantitative estimate of drug-likeness (QED) is 0.295. The van der Waals surface area contributed by atoms with Crippen molar-refractivity contribution in [3.63, 3.8) is 0 Å². The molecule has 0 aromatic rings. The zero-order chi connectivity index (χ0) is 12.6. The topological polar surface area (TPSA) is 107 Å². The minimum atomic E-state index is -1.85. The summed E-state index contributed by atoms with van der Waals surface area (Å²) in [6.07, 6.45) is 2.42. The molecule has 0 rings (SSSR count). The summed E-state index contributed by atoms with van der Waals surface area (Å²) in [5.41, 5.74) is 5.24. The van der Waals surface area contributed by atoms with Crippen molar-refractivity contribution in [1.29, 1.82) is 0 Å². The molecule has 4 atom stereocenters. The molecular formula is C10H22NO4P. The maximum atomic E-state index is 9.57. The van der Waals surface area contributed by atoms with Gasteiger partial charge in [0.25, 0.3) is 0 Å². The molecule has 5 nitrogen and oxygen atoms in total. The Morgan fingerprint density at radius 2 is 1.69 bits per heavy atom. The fraction of sp³-hybridized carbons (Fsp3) is 0.800. The first kappa shape index (κ1) is 16.0. The normalized spacial score (nSPS) is 18.8. The van der Waals surface area contributed by atoms with Gasteiger partial charge in [-0.2, -0.15) is 0 Å². The number of rotatable bonds is 9. The van der Waals surface area contributed by atoms with Crippen molar-refractivity contribution >= 4 is 8.15 Å². The van der Waals surface area contributed by atoms with E-state index in [9.17, 15) is 20.2 Å². The summed E-state index contributed by atoms with van der Waals surface area (Å²) in [4.78, 5) is 9.57. The van der Waals surface area contributed by atoms with Crippen molar-refractivity contribution in [2.75, 3.05) is 6.54 Å². The molecule has 0 amide bonds. The second-order valence-corrected chi connectivity index (χ2v) is 5.63. The van der Waals surface area contributed by atoms with Crippen LogP contribution in [0.1, 0.15) is 25.7 Å². The lowest BCUT2D eigenvalue weighted by molar-refractivity contribution is 0.138. The molecule has 0 saturated carbocycles. The second kappa shape index (κ2) is 9.05. The van der Waals surface area contributed by atoms with Crippen LogP contribution in [0.4, 0.5) is 0 Å². The van der Waals surface area contributed by atoms with Crippen LogP contribution < -0.4 is 5.73 Å². The molecule has 0 fully saturated rings. The van der Waals surface area contributed by atoms with Gasteiger partial charge in [-0.05, 0) is 32.2 Å². The smallest absolute Gasteiger partial charge is 0.101 e. The zero-order valence-corrected chi connectivity index (χ0v) is 10.3. The maximum absolute atomic E-state index is 9.57. The van der Waals surface area contributed by atoms with Gasteiger partial charge in [0, 0.05) is 0 Å². The van der Waals surface area contributed by atoms with E-state index in [1.807, 2.05) is 0 Å². The van der Waals surface area contributed by atoms with Gasteiger partial charge in [0.15, 0.2) is 0 Å². The van der Waals surface area contributed by atoms with Crippen LogP contribution >= 0.6 is 8.15 Å². The predicted molar refractivity (Wildman–Crippen MR) is 64.9 cm³/mol. The van der Waals surface area contributed by atoms with Gasteiger partial charge in [-0.3, -0.25) is 0 Å². The van der Waals surface area contributed by atoms with Gasteiger partial charge in [-0.25, -0.2) is 0 Å². The van der Waals surface area contributed by atoms with Crippen LogP contribution in [-0.4, -0.2) is 44.6 Å². The molecule has 0 aliphatic carbocycles. The standard InChI is InChI=1S/C10H22NO4P/c1-2-3-8(12)4-5-9(13)16(15)10(14)6-7-11/h2,8-10,12-15H,1,3-7,11H2. The summed E-state index contributed by atoms with van der Waals surface area (Å²) in [6.45, 7) is 3.76. The number of aliphatic hydroxyl groups excluding tert-OH is 3. The summed E-state index contributed by atoms with van der Waals surface area (Å²) in [5.74, 6) is -1.93. The molecule has 0 aromatic carbocycles. The van der Waals surface area contributed by atoms with Gasteiger partial charge in [-0.1, -0.05) is 6.08 Å². The van der Waals surface area contributed by atoms with E-state index in [0.29, 0.717) is 12.8 Å². The molecular weight excluding hydrogens is 229 g/mol. The van der Waals surface area contributed by atoms with E-state index in [-0.39, 0.29) is 19.4 Å². The lowest BCUT2D eigenvalue weighted by atomic mass is 10.1. The second-order valence-electron chi connectivity index (χ2n) is 3.67. The Hall–Kier alpha value is -0.0300. The molecule has 16 heavy (non-hydrogen) atoms. The van der Waals surface area contributed by atoms with Gasteiger partial charge in [0.05, 0.1) is 14.3 Å². The van der Waals surface area contributed by atoms with E-state index >= 15 is 0 Å². The van der Waals surface area contributed by atoms with Crippen molar-refractivity contribution in [3.8, 4) is 0 Å². The molecule has 6 heteroatoms. The third-order valence-electron chi connectivity index (χ3n) is 2.23. The minimum absolute atomic E-state index is 0.263. The van der Waals surface area contributed by atoms with E-state index in [1.54, 1.807) is 6.08 Å². The van der Waals surface area contributed by atoms with E-state index in [2.05, 4.69) is 6.58 Å². The van der Waals surface area contributed by atoms with E-state index in [1.165, 1.54) is 0 Å². The van der Waals surface area contributed by atoms with Crippen molar-refractivity contribution < 1.29 is 20.2 Å². The number of aliphatic hydroxyl groups is 3. The van der Waals surface area contributed by atoms with Crippen LogP contribution in [0.2, 0.25) is 0 Å². The largest absolute Gasteiger partial charge is 0.393 e. The Bertz CT molecular complexity index is 194. The van der Waals surface area contributed by atoms with Crippen molar-refractivity contribution in [2.24, 2.45) is 5.73 Å². The summed E-state index contributed by atoms with van der Waals surface area (Å²) >= 11 is 0. The fourth-order valence-corrected chi connectivity index (χ4v) is 2.49. The molecule has 6 N–H and O–H groups in total. The Balaban J connectivity index is 3.85. The first-order valence-corrected chi connectivity index (χ1v) is 6.78. The van der Waals surface area contributed by atoms with E-state index < -0.39 is 25.9 Å². The Labute approximate surface area is 97.4 Å². The molecule has 0 aliphatic rings. The van der Waals surface area contributed by atoms with E-state index in [0.717, 1.165) is 0 Å². The van der Waals surface area contributed by atoms with Crippen molar-refractivity contribution in [1.82, 2.24) is 0 Å². The average Bonchev–Trinajstić information content (AvgIpc) is 2.25. The SMILES string of the molecule is C=CCC(O)CCC(O)P(O)C(O)CCN. The first-order valence-electron chi connectivity index (χ1n) is 5.35. The van der Waals surface area contributed by atoms with Gasteiger partial charge >= 0.3 is 0 Å². The first-order chi connectivity index (χ1) is 7.52. The van der Waals surface area contributed by atoms with Crippen LogP contribution in [0, 0.1) is 0 Å². The monoisotopic (exact) mass is 251 g/mol. The van der Waals surface area contributed by atoms with Crippen LogP contribution in [0.25, 0.3) is 0 Å². The average molecular weight is 251 g/mol. The van der Waals surface area contributed by atoms with E-state index in [4.69, 9.17) is 5.73 Å². The third kappa shape index (κ3) is 6.53. The highest BCUT2D eigenvalue weighted by Crippen LogP contribution is 2.42. The summed E-state index contributed by atoms with van der Waals surface area (Å²) < 4.78 is 0. The predicted octanol–water partition coefficient (Wildman–Crippen LogP) is 0.0784. The molecule has 0 heterocycles. The van der Waals surface area contributed by atoms with Crippen LogP contribution in [0.5, 0.6) is 0 Å². The lowest BCUT2D eigenvalue weighted by Crippen LogP contribution is -2.19. The highest BCUT2D eigenvalue weighted by molar-refractivity contribution is 7.52. The molecule has 0 aliphatic heterocycles. The van der Waals surface area contributed by atoms with Crippen LogP contribution in [-0.2, 0) is 0 Å². The fourth-order valence-electron chi connectivity index (χ4n) is 1.26. The van der Waals surface area contributed by atoms with Gasteiger partial charge in [-0.15, -0.1) is 6.58 Å². The summed E-state index contributed by atoms with van der Waals surface area (Å²) in [7, 11) is -1.85.